The van der Waals surface area contributed by atoms with Gasteiger partial charge in [0.05, 0.1) is 6.10 Å². The van der Waals surface area contributed by atoms with Crippen LogP contribution in [-0.4, -0.2) is 24.7 Å². The molecule has 2 rings (SSSR count). The van der Waals surface area contributed by atoms with Crippen molar-refractivity contribution in [3.8, 4) is 0 Å². The molecule has 0 aromatic rings. The molecule has 0 spiro atoms. The maximum atomic E-state index is 11.8. The second-order valence-corrected chi connectivity index (χ2v) is 5.70. The Kier molecular flexibility index (Phi) is 4.84. The highest BCUT2D eigenvalue weighted by Gasteiger charge is 2.21. The number of ether oxygens (including phenoxy) is 1. The molecule has 1 N–H and O–H groups in total. The fourth-order valence-corrected chi connectivity index (χ4v) is 2.87. The van der Waals surface area contributed by atoms with Gasteiger partial charge < -0.3 is 10.1 Å². The predicted octanol–water partition coefficient (Wildman–Crippen LogP) is 2.64. The van der Waals surface area contributed by atoms with Crippen LogP contribution in [0.4, 0.5) is 0 Å². The van der Waals surface area contributed by atoms with E-state index in [-0.39, 0.29) is 5.91 Å². The maximum absolute atomic E-state index is 11.8. The third kappa shape index (κ3) is 4.30. The van der Waals surface area contributed by atoms with Crippen molar-refractivity contribution in [1.29, 1.82) is 0 Å². The van der Waals surface area contributed by atoms with E-state index in [1.54, 1.807) is 0 Å². The quantitative estimate of drug-likeness (QED) is 0.819. The second kappa shape index (κ2) is 6.39. The summed E-state index contributed by atoms with van der Waals surface area (Å²) in [5.74, 6) is 1.06. The van der Waals surface area contributed by atoms with Crippen LogP contribution >= 0.6 is 0 Å². The van der Waals surface area contributed by atoms with Crippen LogP contribution in [0.25, 0.3) is 0 Å². The number of hydrogen-bond acceptors (Lipinski definition) is 2. The average Bonchev–Trinajstić information content (AvgIpc) is 2.83. The van der Waals surface area contributed by atoms with Crippen molar-refractivity contribution in [3.63, 3.8) is 0 Å². The molecule has 3 nitrogen and oxygen atoms in total. The van der Waals surface area contributed by atoms with Crippen molar-refractivity contribution in [1.82, 2.24) is 5.32 Å². The molecular weight excluding hydrogens is 214 g/mol. The molecule has 0 aromatic carbocycles. The van der Waals surface area contributed by atoms with Gasteiger partial charge in [0.25, 0.3) is 0 Å². The second-order valence-electron chi connectivity index (χ2n) is 5.70. The van der Waals surface area contributed by atoms with Gasteiger partial charge in [0.2, 0.25) is 5.91 Å². The Morgan fingerprint density at radius 3 is 2.65 bits per heavy atom. The summed E-state index contributed by atoms with van der Waals surface area (Å²) < 4.78 is 5.53. The summed E-state index contributed by atoms with van der Waals surface area (Å²) in [7, 11) is 0. The number of rotatable bonds is 4. The van der Waals surface area contributed by atoms with Crippen LogP contribution in [0.2, 0.25) is 0 Å². The first-order valence-corrected chi connectivity index (χ1v) is 7.15. The number of amides is 1. The Hall–Kier alpha value is -0.570. The summed E-state index contributed by atoms with van der Waals surface area (Å²) in [5.41, 5.74) is 0. The zero-order chi connectivity index (χ0) is 12.1. The van der Waals surface area contributed by atoms with Crippen molar-refractivity contribution < 1.29 is 9.53 Å². The third-order valence-corrected chi connectivity index (χ3v) is 4.10. The van der Waals surface area contributed by atoms with Crippen LogP contribution < -0.4 is 5.32 Å². The minimum atomic E-state index is 0.222. The van der Waals surface area contributed by atoms with Crippen molar-refractivity contribution in [2.45, 2.75) is 70.4 Å². The molecule has 0 unspecified atom stereocenters. The first-order valence-electron chi connectivity index (χ1n) is 7.15. The Morgan fingerprint density at radius 1 is 1.24 bits per heavy atom. The van der Waals surface area contributed by atoms with Crippen LogP contribution in [0.15, 0.2) is 0 Å². The molecular formula is C14H25NO2. The minimum Gasteiger partial charge on any atom is -0.378 e. The number of carbonyl (C=O) groups is 1. The third-order valence-electron chi connectivity index (χ3n) is 4.10. The summed E-state index contributed by atoms with van der Waals surface area (Å²) in [5, 5.41) is 3.17. The van der Waals surface area contributed by atoms with Gasteiger partial charge in [-0.2, -0.15) is 0 Å². The molecule has 1 aliphatic carbocycles. The monoisotopic (exact) mass is 239 g/mol. The minimum absolute atomic E-state index is 0.222. The van der Waals surface area contributed by atoms with Crippen LogP contribution in [0.1, 0.15) is 58.3 Å². The van der Waals surface area contributed by atoms with E-state index in [2.05, 4.69) is 12.2 Å². The molecule has 1 atom stereocenters. The SMILES string of the molecule is CC1CCC(NC(=O)CC[C@H]2CCCO2)CC1. The topological polar surface area (TPSA) is 38.3 Å². The van der Waals surface area contributed by atoms with Gasteiger partial charge in [-0.3, -0.25) is 4.79 Å². The van der Waals surface area contributed by atoms with Gasteiger partial charge in [-0.1, -0.05) is 6.92 Å². The Bertz CT molecular complexity index is 241. The molecule has 2 aliphatic rings. The zero-order valence-corrected chi connectivity index (χ0v) is 10.9. The first kappa shape index (κ1) is 12.9. The van der Waals surface area contributed by atoms with Gasteiger partial charge in [0.1, 0.15) is 0 Å². The molecule has 0 aromatic heterocycles. The molecule has 1 saturated carbocycles. The number of nitrogens with one attached hydrogen (secondary N) is 1. The Labute approximate surface area is 104 Å². The summed E-state index contributed by atoms with van der Waals surface area (Å²) in [6.07, 6.45) is 9.01. The summed E-state index contributed by atoms with van der Waals surface area (Å²) in [6.45, 7) is 3.18. The highest BCUT2D eigenvalue weighted by molar-refractivity contribution is 5.76. The molecule has 1 aliphatic heterocycles. The lowest BCUT2D eigenvalue weighted by Crippen LogP contribution is -2.37. The Morgan fingerprint density at radius 2 is 2.00 bits per heavy atom. The normalized spacial score (nSPS) is 33.6. The van der Waals surface area contributed by atoms with Crippen molar-refractivity contribution in [2.75, 3.05) is 6.61 Å². The molecule has 3 heteroatoms. The molecule has 2 fully saturated rings. The Balaban J connectivity index is 1.60. The average molecular weight is 239 g/mol. The number of hydrogen-bond donors (Lipinski definition) is 1. The fourth-order valence-electron chi connectivity index (χ4n) is 2.87. The molecule has 0 radical (unpaired) electrons. The lowest BCUT2D eigenvalue weighted by atomic mass is 9.87. The van der Waals surface area contributed by atoms with E-state index in [0.29, 0.717) is 18.6 Å². The molecule has 1 saturated heterocycles. The van der Waals surface area contributed by atoms with E-state index in [0.717, 1.165) is 44.6 Å². The van der Waals surface area contributed by atoms with Crippen LogP contribution in [0.3, 0.4) is 0 Å². The summed E-state index contributed by atoms with van der Waals surface area (Å²) in [4.78, 5) is 11.8. The molecule has 1 heterocycles. The van der Waals surface area contributed by atoms with E-state index in [4.69, 9.17) is 4.74 Å². The van der Waals surface area contributed by atoms with Gasteiger partial charge >= 0.3 is 0 Å². The standard InChI is InChI=1S/C14H25NO2/c1-11-4-6-12(7-5-11)15-14(16)9-8-13-3-2-10-17-13/h11-13H,2-10H2,1H3,(H,15,16)/t11?,12?,13-/m1/s1. The van der Waals surface area contributed by atoms with Gasteiger partial charge in [0.15, 0.2) is 0 Å². The van der Waals surface area contributed by atoms with Gasteiger partial charge in [0, 0.05) is 19.1 Å². The van der Waals surface area contributed by atoms with Gasteiger partial charge in [-0.05, 0) is 50.9 Å². The maximum Gasteiger partial charge on any atom is 0.220 e. The molecule has 0 bridgehead atoms. The molecule has 1 amide bonds. The van der Waals surface area contributed by atoms with Gasteiger partial charge in [-0.25, -0.2) is 0 Å². The van der Waals surface area contributed by atoms with Crippen molar-refractivity contribution in [2.24, 2.45) is 5.92 Å². The van der Waals surface area contributed by atoms with E-state index in [9.17, 15) is 4.79 Å². The summed E-state index contributed by atoms with van der Waals surface area (Å²) >= 11 is 0. The zero-order valence-electron chi connectivity index (χ0n) is 10.9. The smallest absolute Gasteiger partial charge is 0.220 e. The molecule has 98 valence electrons. The van der Waals surface area contributed by atoms with E-state index in [1.165, 1.54) is 12.8 Å². The summed E-state index contributed by atoms with van der Waals surface area (Å²) in [6, 6.07) is 0.434. The van der Waals surface area contributed by atoms with E-state index >= 15 is 0 Å². The van der Waals surface area contributed by atoms with Gasteiger partial charge in [-0.15, -0.1) is 0 Å². The number of carbonyl (C=O) groups excluding carboxylic acids is 1. The fraction of sp³-hybridized carbons (Fsp3) is 0.929. The molecule has 17 heavy (non-hydrogen) atoms. The van der Waals surface area contributed by atoms with Crippen molar-refractivity contribution in [3.05, 3.63) is 0 Å². The highest BCUT2D eigenvalue weighted by Crippen LogP contribution is 2.23. The largest absolute Gasteiger partial charge is 0.378 e. The lowest BCUT2D eigenvalue weighted by molar-refractivity contribution is -0.122. The van der Waals surface area contributed by atoms with Crippen molar-refractivity contribution >= 4 is 5.91 Å². The predicted molar refractivity (Wildman–Crippen MR) is 67.8 cm³/mol. The lowest BCUT2D eigenvalue weighted by Gasteiger charge is -2.27. The van der Waals surface area contributed by atoms with Crippen LogP contribution in [0.5, 0.6) is 0 Å². The van der Waals surface area contributed by atoms with E-state index in [1.807, 2.05) is 0 Å². The van der Waals surface area contributed by atoms with E-state index < -0.39 is 0 Å². The first-order chi connectivity index (χ1) is 8.24. The van der Waals surface area contributed by atoms with Crippen LogP contribution in [-0.2, 0) is 9.53 Å². The van der Waals surface area contributed by atoms with Crippen LogP contribution in [0, 0.1) is 5.92 Å². The highest BCUT2D eigenvalue weighted by atomic mass is 16.5.